The number of amides is 2. The van der Waals surface area contributed by atoms with Crippen LogP contribution in [0.5, 0.6) is 0 Å². The van der Waals surface area contributed by atoms with E-state index in [1.54, 1.807) is 41.6 Å². The molecular formula is C35H33F3N8O3. The molecule has 5 aromatic rings. The predicted molar refractivity (Wildman–Crippen MR) is 175 cm³/mol. The van der Waals surface area contributed by atoms with Gasteiger partial charge in [0.05, 0.1) is 12.1 Å². The number of hydrogen-bond acceptors (Lipinski definition) is 8. The highest BCUT2D eigenvalue weighted by atomic mass is 19.4. The number of aliphatic hydroxyl groups is 1. The minimum Gasteiger partial charge on any atom is -0.379 e. The topological polar surface area (TPSA) is 140 Å². The summed E-state index contributed by atoms with van der Waals surface area (Å²) in [4.78, 5) is 42.1. The summed E-state index contributed by atoms with van der Waals surface area (Å²) in [6, 6.07) is 17.2. The highest BCUT2D eigenvalue weighted by Crippen LogP contribution is 2.34. The number of carbonyl (C=O) groups is 2. The van der Waals surface area contributed by atoms with Crippen molar-refractivity contribution < 1.29 is 27.9 Å². The molecule has 0 radical (unpaired) electrons. The Morgan fingerprint density at radius 2 is 1.69 bits per heavy atom. The van der Waals surface area contributed by atoms with Crippen LogP contribution in [-0.4, -0.2) is 90.2 Å². The van der Waals surface area contributed by atoms with Crippen molar-refractivity contribution in [2.75, 3.05) is 38.0 Å². The number of likely N-dealkylation sites (tertiary alicyclic amines) is 2. The van der Waals surface area contributed by atoms with Gasteiger partial charge in [0.25, 0.3) is 5.91 Å². The number of benzene rings is 2. The number of aromatic amines is 1. The molecule has 1 atom stereocenters. The number of nitrogens with one attached hydrogen (secondary N) is 2. The van der Waals surface area contributed by atoms with Crippen molar-refractivity contribution in [1.29, 1.82) is 0 Å². The lowest BCUT2D eigenvalue weighted by atomic mass is 9.89. The van der Waals surface area contributed by atoms with Crippen molar-refractivity contribution in [3.63, 3.8) is 0 Å². The van der Waals surface area contributed by atoms with Crippen LogP contribution in [0.25, 0.3) is 33.5 Å². The third-order valence-electron chi connectivity index (χ3n) is 9.31. The minimum atomic E-state index is -4.61. The lowest BCUT2D eigenvalue weighted by molar-refractivity contribution is -0.141. The fourth-order valence-electron chi connectivity index (χ4n) is 6.59. The van der Waals surface area contributed by atoms with E-state index >= 15 is 0 Å². The van der Waals surface area contributed by atoms with Crippen molar-refractivity contribution in [2.24, 2.45) is 0 Å². The number of anilines is 1. The zero-order chi connectivity index (χ0) is 34.2. The summed E-state index contributed by atoms with van der Waals surface area (Å²) < 4.78 is 39.7. The average Bonchev–Trinajstić information content (AvgIpc) is 3.72. The lowest BCUT2D eigenvalue weighted by Gasteiger charge is -2.33. The van der Waals surface area contributed by atoms with Gasteiger partial charge in [0.15, 0.2) is 11.4 Å². The summed E-state index contributed by atoms with van der Waals surface area (Å²) in [6.07, 6.45) is 1.72. The van der Waals surface area contributed by atoms with E-state index in [9.17, 15) is 27.9 Å². The average molecular weight is 671 g/mol. The maximum absolute atomic E-state index is 13.3. The van der Waals surface area contributed by atoms with Crippen LogP contribution in [0.3, 0.4) is 0 Å². The van der Waals surface area contributed by atoms with E-state index in [4.69, 9.17) is 0 Å². The first kappa shape index (κ1) is 32.3. The van der Waals surface area contributed by atoms with Gasteiger partial charge >= 0.3 is 6.18 Å². The van der Waals surface area contributed by atoms with E-state index < -0.39 is 23.4 Å². The Balaban J connectivity index is 0.933. The number of fused-ring (bicyclic) bond motifs is 1. The summed E-state index contributed by atoms with van der Waals surface area (Å²) >= 11 is 0. The second kappa shape index (κ2) is 13.0. The van der Waals surface area contributed by atoms with Gasteiger partial charge < -0.3 is 15.3 Å². The monoisotopic (exact) mass is 670 g/mol. The number of β-amino-alcohol motifs (C(OH)–C–C–N with tert-alkyl or cyclic N) is 1. The van der Waals surface area contributed by atoms with Gasteiger partial charge in [-0.3, -0.25) is 24.6 Å². The molecule has 11 nitrogen and oxygen atoms in total. The molecule has 0 aliphatic carbocycles. The van der Waals surface area contributed by atoms with Crippen molar-refractivity contribution in [3.8, 4) is 22.6 Å². The number of hydrogen-bond donors (Lipinski definition) is 3. The predicted octanol–water partition coefficient (Wildman–Crippen LogP) is 4.88. The molecule has 0 bridgehead atoms. The summed E-state index contributed by atoms with van der Waals surface area (Å²) in [5.74, 6) is 0.360. The number of halogens is 3. The van der Waals surface area contributed by atoms with E-state index in [-0.39, 0.29) is 36.7 Å². The molecule has 2 aromatic carbocycles. The van der Waals surface area contributed by atoms with Crippen molar-refractivity contribution in [1.82, 2.24) is 34.9 Å². The normalized spacial score (nSPS) is 19.0. The molecule has 2 aliphatic heterocycles. The molecule has 0 unspecified atom stereocenters. The van der Waals surface area contributed by atoms with Gasteiger partial charge in [-0.05, 0) is 67.1 Å². The van der Waals surface area contributed by atoms with Crippen LogP contribution >= 0.6 is 0 Å². The molecule has 3 N–H and O–H groups in total. The van der Waals surface area contributed by atoms with E-state index in [0.29, 0.717) is 48.0 Å². The highest BCUT2D eigenvalue weighted by Gasteiger charge is 2.43. The second-order valence-corrected chi connectivity index (χ2v) is 12.6. The van der Waals surface area contributed by atoms with Crippen LogP contribution in [-0.2, 0) is 15.8 Å². The van der Waals surface area contributed by atoms with Crippen molar-refractivity contribution in [2.45, 2.75) is 37.0 Å². The molecule has 3 aromatic heterocycles. The Labute approximate surface area is 279 Å². The number of nitrogens with zero attached hydrogens (tertiary/aromatic N) is 6. The SMILES string of the molecule is O=C(CN1CC[C@@](O)(C(=O)Nc2ccc3[nH]nc(-c4ccnc(C(F)(F)F)c4)c3c2)C1)N1CCC(c2ccc(-c3ncccn3)cc2)CC1. The molecule has 2 amide bonds. The van der Waals surface area contributed by atoms with Crippen LogP contribution in [0.15, 0.2) is 79.3 Å². The minimum absolute atomic E-state index is 0.00501. The van der Waals surface area contributed by atoms with E-state index in [1.807, 2.05) is 17.0 Å². The number of carbonyl (C=O) groups excluding carboxylic acids is 2. The van der Waals surface area contributed by atoms with Gasteiger partial charge in [-0.2, -0.15) is 18.3 Å². The molecule has 0 saturated carbocycles. The third-order valence-corrected chi connectivity index (χ3v) is 9.31. The molecule has 252 valence electrons. The molecule has 14 heteroatoms. The van der Waals surface area contributed by atoms with Crippen molar-refractivity contribution in [3.05, 3.63) is 90.5 Å². The second-order valence-electron chi connectivity index (χ2n) is 12.6. The zero-order valence-electron chi connectivity index (χ0n) is 26.3. The summed E-state index contributed by atoms with van der Waals surface area (Å²) in [5, 5.41) is 21.5. The van der Waals surface area contributed by atoms with E-state index in [1.165, 1.54) is 11.6 Å². The quantitative estimate of drug-likeness (QED) is 0.223. The standard InChI is InChI=1S/C35H33F3N8O3/c36-35(37,38)29-18-25(8-14-39-29)31-27-19-26(6-7-28(27)43-44-31)42-33(48)34(49)11-17-45(21-34)20-30(47)46-15-9-23(10-16-46)22-2-4-24(5-3-22)32-40-12-1-13-41-32/h1-8,12-14,18-19,23,49H,9-11,15-17,20-21H2,(H,42,48)(H,43,44)/t34-/m0/s1. The molecular weight excluding hydrogens is 637 g/mol. The van der Waals surface area contributed by atoms with Crippen LogP contribution in [0, 0.1) is 0 Å². The summed E-state index contributed by atoms with van der Waals surface area (Å²) in [7, 11) is 0. The largest absolute Gasteiger partial charge is 0.433 e. The first-order valence-corrected chi connectivity index (χ1v) is 16.0. The fraction of sp³-hybridized carbons (Fsp3) is 0.314. The number of alkyl halides is 3. The smallest absolute Gasteiger partial charge is 0.379 e. The molecule has 49 heavy (non-hydrogen) atoms. The van der Waals surface area contributed by atoms with Crippen LogP contribution in [0.4, 0.5) is 18.9 Å². The maximum atomic E-state index is 13.3. The van der Waals surface area contributed by atoms with E-state index in [0.717, 1.165) is 30.7 Å². The first-order chi connectivity index (χ1) is 23.6. The number of pyridine rings is 1. The van der Waals surface area contributed by atoms with Gasteiger partial charge in [0.1, 0.15) is 11.4 Å². The molecule has 0 spiro atoms. The molecule has 2 aliphatic rings. The molecule has 7 rings (SSSR count). The Morgan fingerprint density at radius 1 is 0.939 bits per heavy atom. The van der Waals surface area contributed by atoms with Gasteiger partial charge in [-0.15, -0.1) is 0 Å². The Morgan fingerprint density at radius 3 is 2.43 bits per heavy atom. The van der Waals surface area contributed by atoms with Gasteiger partial charge in [0.2, 0.25) is 5.91 Å². The summed E-state index contributed by atoms with van der Waals surface area (Å²) in [6.45, 7) is 1.72. The molecule has 2 saturated heterocycles. The number of piperidine rings is 1. The number of H-pyrrole nitrogens is 1. The maximum Gasteiger partial charge on any atom is 0.433 e. The van der Waals surface area contributed by atoms with Crippen molar-refractivity contribution >= 4 is 28.4 Å². The zero-order valence-corrected chi connectivity index (χ0v) is 26.3. The molecule has 2 fully saturated rings. The number of rotatable bonds is 7. The van der Waals surface area contributed by atoms with Gasteiger partial charge in [-0.25, -0.2) is 9.97 Å². The molecule has 5 heterocycles. The van der Waals surface area contributed by atoms with Gasteiger partial charge in [-0.1, -0.05) is 24.3 Å². The lowest BCUT2D eigenvalue weighted by Crippen LogP contribution is -2.47. The van der Waals surface area contributed by atoms with Crippen LogP contribution < -0.4 is 5.32 Å². The fourth-order valence-corrected chi connectivity index (χ4v) is 6.59. The number of aromatic nitrogens is 5. The van der Waals surface area contributed by atoms with Crippen LogP contribution in [0.1, 0.15) is 36.4 Å². The van der Waals surface area contributed by atoms with Crippen LogP contribution in [0.2, 0.25) is 0 Å². The highest BCUT2D eigenvalue weighted by molar-refractivity contribution is 6.01. The Bertz CT molecular complexity index is 1980. The first-order valence-electron chi connectivity index (χ1n) is 16.0. The Hall–Kier alpha value is -5.21. The summed E-state index contributed by atoms with van der Waals surface area (Å²) in [5.41, 5.74) is 0.803. The van der Waals surface area contributed by atoms with Gasteiger partial charge in [0, 0.05) is 67.0 Å². The Kier molecular flexibility index (Phi) is 8.59. The van der Waals surface area contributed by atoms with E-state index in [2.05, 4.69) is 42.6 Å². The third kappa shape index (κ3) is 6.87.